The predicted octanol–water partition coefficient (Wildman–Crippen LogP) is 3.38. The average molecular weight is 247 g/mol. The number of fused-ring (bicyclic) bond motifs is 1. The maximum atomic E-state index is 6.36. The fraction of sp³-hybridized carbons (Fsp3) is 0.625. The lowest BCUT2D eigenvalue weighted by molar-refractivity contribution is 0.388. The second-order valence-electron chi connectivity index (χ2n) is 6.04. The molecule has 0 fully saturated rings. The van der Waals surface area contributed by atoms with Gasteiger partial charge < -0.3 is 10.5 Å². The molecule has 0 amide bonds. The van der Waals surface area contributed by atoms with Crippen molar-refractivity contribution in [1.82, 2.24) is 0 Å². The van der Waals surface area contributed by atoms with Crippen molar-refractivity contribution >= 4 is 0 Å². The minimum absolute atomic E-state index is 0.355. The lowest BCUT2D eigenvalue weighted by Gasteiger charge is -2.31. The van der Waals surface area contributed by atoms with Crippen molar-refractivity contribution in [2.24, 2.45) is 5.73 Å². The van der Waals surface area contributed by atoms with Crippen LogP contribution in [0.25, 0.3) is 0 Å². The Bertz CT molecular complexity index is 469. The van der Waals surface area contributed by atoms with E-state index in [-0.39, 0.29) is 5.54 Å². The van der Waals surface area contributed by atoms with E-state index in [1.54, 1.807) is 7.11 Å². The molecule has 0 saturated heterocycles. The maximum Gasteiger partial charge on any atom is 0.127 e. The highest BCUT2D eigenvalue weighted by atomic mass is 16.5. The van der Waals surface area contributed by atoms with E-state index in [1.807, 2.05) is 0 Å². The van der Waals surface area contributed by atoms with E-state index >= 15 is 0 Å². The van der Waals surface area contributed by atoms with Crippen molar-refractivity contribution in [2.75, 3.05) is 7.11 Å². The first-order valence-corrected chi connectivity index (χ1v) is 6.86. The maximum absolute atomic E-state index is 6.36. The molecule has 0 aromatic heterocycles. The van der Waals surface area contributed by atoms with E-state index in [4.69, 9.17) is 10.5 Å². The van der Waals surface area contributed by atoms with Gasteiger partial charge in [-0.25, -0.2) is 0 Å². The SMILES string of the molecule is COc1c(C)c2c(c(C)c1C(C)(C)N)CCCC2. The normalized spacial score (nSPS) is 15.4. The molecule has 2 heteroatoms. The van der Waals surface area contributed by atoms with Gasteiger partial charge in [-0.3, -0.25) is 0 Å². The Morgan fingerprint density at radius 3 is 1.94 bits per heavy atom. The summed E-state index contributed by atoms with van der Waals surface area (Å²) in [5.74, 6) is 1.00. The third kappa shape index (κ3) is 2.03. The van der Waals surface area contributed by atoms with Gasteiger partial charge in [-0.15, -0.1) is 0 Å². The number of nitrogens with two attached hydrogens (primary N) is 1. The molecule has 0 unspecified atom stereocenters. The van der Waals surface area contributed by atoms with Crippen molar-refractivity contribution < 1.29 is 4.74 Å². The summed E-state index contributed by atoms with van der Waals surface area (Å²) >= 11 is 0. The molecule has 1 aromatic rings. The molecule has 0 radical (unpaired) electrons. The van der Waals surface area contributed by atoms with Gasteiger partial charge in [-0.05, 0) is 75.6 Å². The molecule has 0 spiro atoms. The van der Waals surface area contributed by atoms with Gasteiger partial charge in [0, 0.05) is 11.1 Å². The third-order valence-electron chi connectivity index (χ3n) is 4.16. The smallest absolute Gasteiger partial charge is 0.127 e. The van der Waals surface area contributed by atoms with Crippen molar-refractivity contribution in [1.29, 1.82) is 0 Å². The second kappa shape index (κ2) is 4.58. The molecule has 0 saturated carbocycles. The van der Waals surface area contributed by atoms with Gasteiger partial charge in [0.05, 0.1) is 7.11 Å². The van der Waals surface area contributed by atoms with E-state index in [0.717, 1.165) is 5.75 Å². The molecular weight excluding hydrogens is 222 g/mol. The van der Waals surface area contributed by atoms with Gasteiger partial charge in [0.2, 0.25) is 0 Å². The zero-order chi connectivity index (χ0) is 13.5. The highest BCUT2D eigenvalue weighted by Crippen LogP contribution is 2.41. The summed E-state index contributed by atoms with van der Waals surface area (Å²) in [6.07, 6.45) is 4.96. The van der Waals surface area contributed by atoms with Crippen LogP contribution in [-0.4, -0.2) is 7.11 Å². The van der Waals surface area contributed by atoms with E-state index in [9.17, 15) is 0 Å². The summed E-state index contributed by atoms with van der Waals surface area (Å²) in [4.78, 5) is 0. The molecule has 100 valence electrons. The standard InChI is InChI=1S/C16H25NO/c1-10-12-8-6-7-9-13(12)11(2)15(18-5)14(10)16(3,4)17/h6-9,17H2,1-5H3. The first-order chi connectivity index (χ1) is 8.38. The number of rotatable bonds is 2. The van der Waals surface area contributed by atoms with Crippen molar-refractivity contribution in [3.63, 3.8) is 0 Å². The van der Waals surface area contributed by atoms with Crippen LogP contribution in [0.2, 0.25) is 0 Å². The third-order valence-corrected chi connectivity index (χ3v) is 4.16. The van der Waals surface area contributed by atoms with Crippen molar-refractivity contribution in [2.45, 2.75) is 58.9 Å². The Labute approximate surface area is 111 Å². The van der Waals surface area contributed by atoms with Crippen LogP contribution >= 0.6 is 0 Å². The molecule has 1 aromatic carbocycles. The number of ether oxygens (including phenoxy) is 1. The Morgan fingerprint density at radius 2 is 1.50 bits per heavy atom. The van der Waals surface area contributed by atoms with Crippen molar-refractivity contribution in [3.8, 4) is 5.75 Å². The van der Waals surface area contributed by atoms with Crippen LogP contribution in [-0.2, 0) is 18.4 Å². The average Bonchev–Trinajstić information content (AvgIpc) is 2.32. The number of methoxy groups -OCH3 is 1. The van der Waals surface area contributed by atoms with Gasteiger partial charge in [0.1, 0.15) is 5.75 Å². The first kappa shape index (κ1) is 13.4. The van der Waals surface area contributed by atoms with E-state index < -0.39 is 0 Å². The molecule has 18 heavy (non-hydrogen) atoms. The second-order valence-corrected chi connectivity index (χ2v) is 6.04. The van der Waals surface area contributed by atoms with Crippen molar-refractivity contribution in [3.05, 3.63) is 27.8 Å². The van der Waals surface area contributed by atoms with Gasteiger partial charge in [-0.1, -0.05) is 0 Å². The van der Waals surface area contributed by atoms with E-state index in [0.29, 0.717) is 0 Å². The first-order valence-electron chi connectivity index (χ1n) is 6.86. The Morgan fingerprint density at radius 1 is 1.00 bits per heavy atom. The van der Waals surface area contributed by atoms with Crippen LogP contribution < -0.4 is 10.5 Å². The minimum atomic E-state index is -0.355. The van der Waals surface area contributed by atoms with E-state index in [2.05, 4.69) is 27.7 Å². The quantitative estimate of drug-likeness (QED) is 0.869. The monoisotopic (exact) mass is 247 g/mol. The van der Waals surface area contributed by atoms with Crippen LogP contribution in [0, 0.1) is 13.8 Å². The molecule has 2 rings (SSSR count). The van der Waals surface area contributed by atoms with Gasteiger partial charge in [-0.2, -0.15) is 0 Å². The summed E-state index contributed by atoms with van der Waals surface area (Å²) in [5.41, 5.74) is 12.9. The number of hydrogen-bond acceptors (Lipinski definition) is 2. The molecule has 0 bridgehead atoms. The summed E-state index contributed by atoms with van der Waals surface area (Å²) in [6.45, 7) is 8.51. The highest BCUT2D eigenvalue weighted by Gasteiger charge is 2.28. The summed E-state index contributed by atoms with van der Waals surface area (Å²) < 4.78 is 5.67. The predicted molar refractivity (Wildman–Crippen MR) is 76.3 cm³/mol. The Hall–Kier alpha value is -1.02. The summed E-state index contributed by atoms with van der Waals surface area (Å²) in [7, 11) is 1.76. The molecule has 0 aliphatic heterocycles. The minimum Gasteiger partial charge on any atom is -0.496 e. The lowest BCUT2D eigenvalue weighted by atomic mass is 9.78. The molecule has 1 aliphatic rings. The zero-order valence-electron chi connectivity index (χ0n) is 12.3. The molecule has 1 aliphatic carbocycles. The van der Waals surface area contributed by atoms with Gasteiger partial charge in [0.15, 0.2) is 0 Å². The molecule has 2 nitrogen and oxygen atoms in total. The zero-order valence-corrected chi connectivity index (χ0v) is 12.3. The summed E-state index contributed by atoms with van der Waals surface area (Å²) in [6, 6.07) is 0. The van der Waals surface area contributed by atoms with Crippen LogP contribution in [0.3, 0.4) is 0 Å². The van der Waals surface area contributed by atoms with E-state index in [1.165, 1.54) is 53.5 Å². The largest absolute Gasteiger partial charge is 0.496 e. The fourth-order valence-corrected chi connectivity index (χ4v) is 3.41. The number of benzene rings is 1. The molecule has 0 atom stereocenters. The highest BCUT2D eigenvalue weighted by molar-refractivity contribution is 5.57. The molecule has 0 heterocycles. The van der Waals surface area contributed by atoms with Crippen LogP contribution in [0.15, 0.2) is 0 Å². The van der Waals surface area contributed by atoms with Gasteiger partial charge >= 0.3 is 0 Å². The van der Waals surface area contributed by atoms with Crippen LogP contribution in [0.1, 0.15) is 54.5 Å². The summed E-state index contributed by atoms with van der Waals surface area (Å²) in [5, 5.41) is 0. The number of hydrogen-bond donors (Lipinski definition) is 1. The fourth-order valence-electron chi connectivity index (χ4n) is 3.41. The Kier molecular flexibility index (Phi) is 3.41. The van der Waals surface area contributed by atoms with Crippen LogP contribution in [0.5, 0.6) is 5.75 Å². The van der Waals surface area contributed by atoms with Gasteiger partial charge in [0.25, 0.3) is 0 Å². The van der Waals surface area contributed by atoms with Crippen LogP contribution in [0.4, 0.5) is 0 Å². The lowest BCUT2D eigenvalue weighted by Crippen LogP contribution is -2.31. The molecule has 2 N–H and O–H groups in total. The topological polar surface area (TPSA) is 35.2 Å². The molecular formula is C16H25NO. The Balaban J connectivity index is 2.77.